The molecule has 0 spiro atoms. The Morgan fingerprint density at radius 1 is 1.18 bits per heavy atom. The van der Waals surface area contributed by atoms with Crippen LogP contribution >= 0.6 is 0 Å². The molecule has 0 aliphatic rings. The SMILES string of the molecule is C.C=C(C(=O)OC#N)C(CC)C(C(C)O)[C@@H](CCC(C)N=O)C(C)C.CCC. The number of nitrogens with zero attached hydrogens (tertiary/aromatic N) is 2. The Morgan fingerprint density at radius 2 is 1.68 bits per heavy atom. The smallest absolute Gasteiger partial charge is 0.349 e. The first-order valence-electron chi connectivity index (χ1n) is 9.92. The number of aliphatic hydroxyl groups excluding tert-OH is 1. The third-order valence-electron chi connectivity index (χ3n) is 4.76. The Balaban J connectivity index is -0.00000146. The van der Waals surface area contributed by atoms with E-state index in [1.807, 2.05) is 6.92 Å². The third-order valence-corrected chi connectivity index (χ3v) is 4.76. The summed E-state index contributed by atoms with van der Waals surface area (Å²) in [6.45, 7) is 17.5. The van der Waals surface area contributed by atoms with E-state index in [9.17, 15) is 14.8 Å². The summed E-state index contributed by atoms with van der Waals surface area (Å²) in [7, 11) is 0. The average molecular weight is 399 g/mol. The maximum absolute atomic E-state index is 11.9. The van der Waals surface area contributed by atoms with Crippen molar-refractivity contribution < 1.29 is 14.6 Å². The molecular formula is C22H42N2O4. The highest BCUT2D eigenvalue weighted by molar-refractivity contribution is 5.89. The predicted octanol–water partition coefficient (Wildman–Crippen LogP) is 5.85. The Morgan fingerprint density at radius 3 is 2.00 bits per heavy atom. The fourth-order valence-electron chi connectivity index (χ4n) is 3.46. The number of aliphatic hydroxyl groups is 1. The molecule has 1 N–H and O–H groups in total. The minimum atomic E-state index is -0.750. The summed E-state index contributed by atoms with van der Waals surface area (Å²) in [5, 5.41) is 21.9. The number of ether oxygens (including phenoxy) is 1. The number of carbonyl (C=O) groups excluding carboxylic acids is 1. The number of hydrogen-bond donors (Lipinski definition) is 1. The van der Waals surface area contributed by atoms with Gasteiger partial charge in [-0.2, -0.15) is 4.91 Å². The second kappa shape index (κ2) is 17.4. The van der Waals surface area contributed by atoms with Crippen LogP contribution in [0.2, 0.25) is 0 Å². The van der Waals surface area contributed by atoms with Crippen LogP contribution in [-0.2, 0) is 9.53 Å². The van der Waals surface area contributed by atoms with Gasteiger partial charge in [0.1, 0.15) is 0 Å². The second-order valence-electron chi connectivity index (χ2n) is 7.49. The molecule has 164 valence electrons. The molecule has 0 aliphatic heterocycles. The first-order chi connectivity index (χ1) is 12.6. The van der Waals surface area contributed by atoms with Gasteiger partial charge in [0.25, 0.3) is 6.26 Å². The van der Waals surface area contributed by atoms with Gasteiger partial charge in [0.15, 0.2) is 0 Å². The average Bonchev–Trinajstić information content (AvgIpc) is 2.60. The van der Waals surface area contributed by atoms with Gasteiger partial charge in [0.05, 0.1) is 12.1 Å². The zero-order valence-electron chi connectivity index (χ0n) is 18.1. The van der Waals surface area contributed by atoms with Crippen LogP contribution in [0.3, 0.4) is 0 Å². The highest BCUT2D eigenvalue weighted by Crippen LogP contribution is 2.39. The largest absolute Gasteiger partial charge is 0.393 e. The van der Waals surface area contributed by atoms with Crippen LogP contribution in [-0.4, -0.2) is 23.2 Å². The van der Waals surface area contributed by atoms with Crippen molar-refractivity contribution in [1.29, 1.82) is 5.26 Å². The van der Waals surface area contributed by atoms with Crippen LogP contribution in [0.5, 0.6) is 0 Å². The Labute approximate surface area is 172 Å². The number of carbonyl (C=O) groups is 1. The summed E-state index contributed by atoms with van der Waals surface area (Å²) in [5.41, 5.74) is 0.206. The van der Waals surface area contributed by atoms with E-state index in [2.05, 4.69) is 44.2 Å². The molecule has 0 saturated carbocycles. The summed E-state index contributed by atoms with van der Waals surface area (Å²) >= 11 is 0. The Bertz CT molecular complexity index is 483. The molecule has 6 heteroatoms. The molecule has 4 unspecified atom stereocenters. The maximum Gasteiger partial charge on any atom is 0.349 e. The van der Waals surface area contributed by atoms with Crippen LogP contribution in [0.15, 0.2) is 17.3 Å². The highest BCUT2D eigenvalue weighted by atomic mass is 16.5. The lowest BCUT2D eigenvalue weighted by Crippen LogP contribution is -2.37. The van der Waals surface area contributed by atoms with Crippen molar-refractivity contribution in [3.8, 4) is 6.26 Å². The summed E-state index contributed by atoms with van der Waals surface area (Å²) in [5.74, 6) is -0.922. The molecule has 0 rings (SSSR count). The quantitative estimate of drug-likeness (QED) is 0.204. The standard InChI is InChI=1S/C18H30N2O4.C3H8.CH4/c1-7-15(13(5)18(22)24-10-19)17(14(6)21)16(11(2)3)9-8-12(4)20-23;1-3-2;/h11-12,14-17,21H,5,7-9H2,1-4,6H3;3H2,1-2H3;1H4/t12?,14?,15?,16-,17?;;/m0../s1. The van der Waals surface area contributed by atoms with Crippen LogP contribution < -0.4 is 0 Å². The fourth-order valence-corrected chi connectivity index (χ4v) is 3.46. The van der Waals surface area contributed by atoms with E-state index in [-0.39, 0.29) is 42.7 Å². The van der Waals surface area contributed by atoms with Crippen molar-refractivity contribution in [2.75, 3.05) is 0 Å². The lowest BCUT2D eigenvalue weighted by atomic mass is 9.68. The lowest BCUT2D eigenvalue weighted by molar-refractivity contribution is -0.133. The molecule has 0 aromatic carbocycles. The predicted molar refractivity (Wildman–Crippen MR) is 115 cm³/mol. The molecule has 0 heterocycles. The Kier molecular flexibility index (Phi) is 19.2. The van der Waals surface area contributed by atoms with Gasteiger partial charge in [0, 0.05) is 5.57 Å². The van der Waals surface area contributed by atoms with Gasteiger partial charge in [-0.25, -0.2) is 4.79 Å². The van der Waals surface area contributed by atoms with Crippen LogP contribution in [0.1, 0.15) is 81.6 Å². The van der Waals surface area contributed by atoms with Gasteiger partial charge in [-0.05, 0) is 56.8 Å². The van der Waals surface area contributed by atoms with E-state index >= 15 is 0 Å². The van der Waals surface area contributed by atoms with Gasteiger partial charge in [-0.15, -0.1) is 5.26 Å². The summed E-state index contributed by atoms with van der Waals surface area (Å²) in [6.07, 6.45) is 3.91. The van der Waals surface area contributed by atoms with Crippen LogP contribution in [0, 0.1) is 40.1 Å². The zero-order valence-corrected chi connectivity index (χ0v) is 18.1. The van der Waals surface area contributed by atoms with Crippen molar-refractivity contribution in [2.24, 2.45) is 28.8 Å². The van der Waals surface area contributed by atoms with E-state index in [0.717, 1.165) is 6.42 Å². The van der Waals surface area contributed by atoms with E-state index in [1.54, 1.807) is 13.8 Å². The molecule has 0 aromatic rings. The molecule has 0 bridgehead atoms. The molecule has 28 heavy (non-hydrogen) atoms. The van der Waals surface area contributed by atoms with Gasteiger partial charge in [-0.3, -0.25) is 0 Å². The summed E-state index contributed by atoms with van der Waals surface area (Å²) in [6, 6.07) is -0.285. The normalized spacial score (nSPS) is 15.4. The van der Waals surface area contributed by atoms with Crippen molar-refractivity contribution in [2.45, 2.75) is 93.7 Å². The van der Waals surface area contributed by atoms with Gasteiger partial charge in [-0.1, -0.05) is 60.2 Å². The van der Waals surface area contributed by atoms with Gasteiger partial charge in [0.2, 0.25) is 0 Å². The van der Waals surface area contributed by atoms with Gasteiger partial charge < -0.3 is 9.84 Å². The first kappa shape index (κ1) is 31.0. The monoisotopic (exact) mass is 398 g/mol. The molecule has 0 saturated heterocycles. The first-order valence-corrected chi connectivity index (χ1v) is 9.92. The van der Waals surface area contributed by atoms with E-state index in [0.29, 0.717) is 12.8 Å². The topological polar surface area (TPSA) is 99.8 Å². The molecular weight excluding hydrogens is 356 g/mol. The Hall–Kier alpha value is -1.74. The zero-order chi connectivity index (χ0) is 21.6. The number of rotatable bonds is 11. The van der Waals surface area contributed by atoms with Gasteiger partial charge >= 0.3 is 5.97 Å². The molecule has 5 atom stereocenters. The fraction of sp³-hybridized carbons (Fsp3) is 0.818. The van der Waals surface area contributed by atoms with E-state index < -0.39 is 12.1 Å². The molecule has 6 nitrogen and oxygen atoms in total. The van der Waals surface area contributed by atoms with E-state index in [4.69, 9.17) is 5.26 Å². The molecule has 0 amide bonds. The number of hydrogen-bond acceptors (Lipinski definition) is 6. The van der Waals surface area contributed by atoms with E-state index in [1.165, 1.54) is 12.7 Å². The summed E-state index contributed by atoms with van der Waals surface area (Å²) in [4.78, 5) is 22.5. The number of nitroso groups, excluding NO2 is 1. The van der Waals surface area contributed by atoms with Crippen LogP contribution in [0.4, 0.5) is 0 Å². The van der Waals surface area contributed by atoms with Crippen molar-refractivity contribution in [3.63, 3.8) is 0 Å². The molecule has 0 radical (unpaired) electrons. The van der Waals surface area contributed by atoms with Crippen molar-refractivity contribution >= 4 is 5.97 Å². The minimum Gasteiger partial charge on any atom is -0.393 e. The number of esters is 1. The summed E-state index contributed by atoms with van der Waals surface area (Å²) < 4.78 is 4.40. The third kappa shape index (κ3) is 11.2. The van der Waals surface area contributed by atoms with Crippen molar-refractivity contribution in [3.05, 3.63) is 17.1 Å². The highest BCUT2D eigenvalue weighted by Gasteiger charge is 2.37. The molecule has 0 fully saturated rings. The number of nitriles is 1. The van der Waals surface area contributed by atoms with Crippen molar-refractivity contribution in [1.82, 2.24) is 0 Å². The second-order valence-corrected chi connectivity index (χ2v) is 7.49. The maximum atomic E-state index is 11.9. The molecule has 0 aliphatic carbocycles. The minimum absolute atomic E-state index is 0. The van der Waals surface area contributed by atoms with Crippen LogP contribution in [0.25, 0.3) is 0 Å². The lowest BCUT2D eigenvalue weighted by Gasteiger charge is -2.38. The molecule has 0 aromatic heterocycles.